The van der Waals surface area contributed by atoms with Gasteiger partial charge in [-0.3, -0.25) is 0 Å². The number of aryl methyl sites for hydroxylation is 1. The Hall–Kier alpha value is -2.10. The minimum atomic E-state index is 0.885. The van der Waals surface area contributed by atoms with Gasteiger partial charge in [0, 0.05) is 17.8 Å². The zero-order chi connectivity index (χ0) is 11.1. The molecule has 1 N–H and O–H groups in total. The van der Waals surface area contributed by atoms with Crippen LogP contribution in [-0.4, -0.2) is 15.9 Å². The zero-order valence-electron chi connectivity index (χ0n) is 9.07. The summed E-state index contributed by atoms with van der Waals surface area (Å²) in [7, 11) is 0. The summed E-state index contributed by atoms with van der Waals surface area (Å²) < 4.78 is 2.11. The van der Waals surface area contributed by atoms with Crippen molar-refractivity contribution in [1.82, 2.24) is 14.9 Å². The lowest BCUT2D eigenvalue weighted by molar-refractivity contribution is 0.787. The normalized spacial score (nSPS) is 13.9. The molecule has 2 aromatic rings. The van der Waals surface area contributed by atoms with Gasteiger partial charge in [0.15, 0.2) is 0 Å². The first-order chi connectivity index (χ1) is 7.79. The highest BCUT2D eigenvalue weighted by molar-refractivity contribution is 5.92. The third-order valence-corrected chi connectivity index (χ3v) is 2.85. The Kier molecular flexibility index (Phi) is 1.83. The van der Waals surface area contributed by atoms with Gasteiger partial charge >= 0.3 is 0 Å². The van der Waals surface area contributed by atoms with E-state index in [9.17, 15) is 0 Å². The van der Waals surface area contributed by atoms with Crippen LogP contribution in [0.5, 0.6) is 0 Å². The van der Waals surface area contributed by atoms with E-state index in [-0.39, 0.29) is 0 Å². The van der Waals surface area contributed by atoms with Crippen molar-refractivity contribution in [3.8, 4) is 0 Å². The molecular weight excluding hydrogens is 200 g/mol. The summed E-state index contributed by atoms with van der Waals surface area (Å²) in [5.74, 6) is 0. The molecule has 0 spiro atoms. The number of rotatable bonds is 1. The third kappa shape index (κ3) is 1.16. The third-order valence-electron chi connectivity index (χ3n) is 2.85. The molecule has 0 unspecified atom stereocenters. The number of imidazole rings is 1. The van der Waals surface area contributed by atoms with E-state index in [0.717, 1.165) is 34.5 Å². The van der Waals surface area contributed by atoms with Gasteiger partial charge in [0.1, 0.15) is 0 Å². The van der Waals surface area contributed by atoms with Crippen LogP contribution in [-0.2, 0) is 6.54 Å². The Balaban J connectivity index is 2.33. The van der Waals surface area contributed by atoms with Crippen molar-refractivity contribution in [2.45, 2.75) is 13.5 Å². The molecule has 1 aromatic carbocycles. The second kappa shape index (κ2) is 3.20. The monoisotopic (exact) mass is 212 g/mol. The molecule has 0 atom stereocenters. The number of hydrogen-bond acceptors (Lipinski definition) is 3. The molecule has 3 rings (SSSR count). The molecule has 0 radical (unpaired) electrons. The minimum absolute atomic E-state index is 0.885. The van der Waals surface area contributed by atoms with Crippen LogP contribution >= 0.6 is 0 Å². The highest BCUT2D eigenvalue weighted by Crippen LogP contribution is 2.30. The second-order valence-corrected chi connectivity index (χ2v) is 3.77. The topological polar surface area (TPSA) is 42.2 Å². The summed E-state index contributed by atoms with van der Waals surface area (Å²) in [4.78, 5) is 8.64. The number of hydrogen-bond donors (Lipinski definition) is 1. The van der Waals surface area contributed by atoms with Crippen LogP contribution in [0.25, 0.3) is 16.7 Å². The summed E-state index contributed by atoms with van der Waals surface area (Å²) in [5, 5.41) is 3.02. The van der Waals surface area contributed by atoms with E-state index in [2.05, 4.69) is 39.4 Å². The first-order valence-corrected chi connectivity index (χ1v) is 5.27. The fourth-order valence-corrected chi connectivity index (χ4v) is 1.95. The van der Waals surface area contributed by atoms with Crippen molar-refractivity contribution in [2.75, 3.05) is 0 Å². The molecule has 0 fully saturated rings. The highest BCUT2D eigenvalue weighted by Gasteiger charge is 2.12. The van der Waals surface area contributed by atoms with E-state index >= 15 is 0 Å². The van der Waals surface area contributed by atoms with Crippen molar-refractivity contribution < 1.29 is 0 Å². The average molecular weight is 212 g/mol. The van der Waals surface area contributed by atoms with Crippen LogP contribution in [0.3, 0.4) is 0 Å². The quantitative estimate of drug-likeness (QED) is 0.788. The van der Waals surface area contributed by atoms with Crippen LogP contribution in [0.15, 0.2) is 30.0 Å². The molecule has 0 aliphatic carbocycles. The van der Waals surface area contributed by atoms with Crippen LogP contribution in [0.1, 0.15) is 12.5 Å². The number of benzene rings is 1. The summed E-state index contributed by atoms with van der Waals surface area (Å²) in [6, 6.07) is 4.09. The Labute approximate surface area is 93.3 Å². The smallest absolute Gasteiger partial charge is 0.0958 e. The SMILES string of the molecule is C=C1NC=Nc2cc3ncn(CC)c3cc21. The van der Waals surface area contributed by atoms with Crippen molar-refractivity contribution in [1.29, 1.82) is 0 Å². The molecule has 1 aliphatic rings. The molecule has 4 heteroatoms. The summed E-state index contributed by atoms with van der Waals surface area (Å²) >= 11 is 0. The molecule has 4 nitrogen and oxygen atoms in total. The van der Waals surface area contributed by atoms with Crippen LogP contribution in [0.2, 0.25) is 0 Å². The van der Waals surface area contributed by atoms with Gasteiger partial charge < -0.3 is 9.88 Å². The lowest BCUT2D eigenvalue weighted by atomic mass is 10.1. The van der Waals surface area contributed by atoms with Gasteiger partial charge in [0.2, 0.25) is 0 Å². The predicted molar refractivity (Wildman–Crippen MR) is 65.7 cm³/mol. The molecule has 0 saturated heterocycles. The van der Waals surface area contributed by atoms with E-state index in [0.29, 0.717) is 0 Å². The van der Waals surface area contributed by atoms with Gasteiger partial charge in [-0.15, -0.1) is 0 Å². The van der Waals surface area contributed by atoms with Crippen molar-refractivity contribution in [2.24, 2.45) is 4.99 Å². The van der Waals surface area contributed by atoms with Crippen LogP contribution in [0, 0.1) is 0 Å². The number of aromatic nitrogens is 2. The first kappa shape index (κ1) is 9.15. The fourth-order valence-electron chi connectivity index (χ4n) is 1.95. The zero-order valence-corrected chi connectivity index (χ0v) is 9.07. The van der Waals surface area contributed by atoms with Crippen molar-refractivity contribution in [3.63, 3.8) is 0 Å². The maximum atomic E-state index is 4.36. The molecule has 0 amide bonds. The lowest BCUT2D eigenvalue weighted by Crippen LogP contribution is -2.12. The fraction of sp³-hybridized carbons (Fsp3) is 0.167. The highest BCUT2D eigenvalue weighted by atomic mass is 15.0. The number of aliphatic imine (C=N–C) groups is 1. The number of fused-ring (bicyclic) bond motifs is 2. The van der Waals surface area contributed by atoms with Gasteiger partial charge in [-0.2, -0.15) is 0 Å². The number of nitrogens with one attached hydrogen (secondary N) is 1. The number of nitrogens with zero attached hydrogens (tertiary/aromatic N) is 3. The van der Waals surface area contributed by atoms with Crippen LogP contribution in [0.4, 0.5) is 5.69 Å². The maximum absolute atomic E-state index is 4.36. The van der Waals surface area contributed by atoms with Crippen molar-refractivity contribution >= 4 is 28.8 Å². The van der Waals surface area contributed by atoms with E-state index in [1.54, 1.807) is 6.34 Å². The molecule has 0 saturated carbocycles. The van der Waals surface area contributed by atoms with E-state index in [4.69, 9.17) is 0 Å². The van der Waals surface area contributed by atoms with E-state index < -0.39 is 0 Å². The van der Waals surface area contributed by atoms with E-state index in [1.807, 2.05) is 12.4 Å². The maximum Gasteiger partial charge on any atom is 0.0958 e. The van der Waals surface area contributed by atoms with Gasteiger partial charge in [0.05, 0.1) is 29.4 Å². The van der Waals surface area contributed by atoms with Gasteiger partial charge in [0.25, 0.3) is 0 Å². The average Bonchev–Trinajstić information content (AvgIpc) is 2.69. The van der Waals surface area contributed by atoms with Gasteiger partial charge in [-0.1, -0.05) is 6.58 Å². The second-order valence-electron chi connectivity index (χ2n) is 3.77. The summed E-state index contributed by atoms with van der Waals surface area (Å²) in [6.07, 6.45) is 3.52. The first-order valence-electron chi connectivity index (χ1n) is 5.27. The Morgan fingerprint density at radius 1 is 1.44 bits per heavy atom. The molecule has 1 aliphatic heterocycles. The molecule has 1 aromatic heterocycles. The van der Waals surface area contributed by atoms with Crippen molar-refractivity contribution in [3.05, 3.63) is 30.6 Å². The Morgan fingerprint density at radius 2 is 2.31 bits per heavy atom. The van der Waals surface area contributed by atoms with Gasteiger partial charge in [-0.05, 0) is 19.1 Å². The minimum Gasteiger partial charge on any atom is -0.346 e. The Bertz CT molecular complexity index is 607. The molecule has 80 valence electrons. The largest absolute Gasteiger partial charge is 0.346 e. The molecule has 0 bridgehead atoms. The summed E-state index contributed by atoms with van der Waals surface area (Å²) in [6.45, 7) is 6.99. The molecular formula is C12H12N4. The van der Waals surface area contributed by atoms with E-state index in [1.165, 1.54) is 0 Å². The lowest BCUT2D eigenvalue weighted by Gasteiger charge is -2.14. The molecule has 16 heavy (non-hydrogen) atoms. The molecule has 2 heterocycles. The standard InChI is InChI=1S/C12H12N4/c1-3-16-7-15-11-5-10-9(4-12(11)16)8(2)13-6-14-10/h4-7H,2-3H2,1H3,(H,13,14). The van der Waals surface area contributed by atoms with Gasteiger partial charge in [-0.25, -0.2) is 9.98 Å². The predicted octanol–water partition coefficient (Wildman–Crippen LogP) is 2.29. The van der Waals surface area contributed by atoms with Crippen LogP contribution < -0.4 is 5.32 Å². The summed E-state index contributed by atoms with van der Waals surface area (Å²) in [5.41, 5.74) is 4.97. The Morgan fingerprint density at radius 3 is 3.12 bits per heavy atom.